The van der Waals surface area contributed by atoms with Gasteiger partial charge in [-0.15, -0.1) is 0 Å². The third kappa shape index (κ3) is 56.7. The molecule has 3 unspecified atom stereocenters. The average molecular weight is 1040 g/mol. The second-order valence-electron chi connectivity index (χ2n) is 23.1. The molecule has 1 amide bonds. The van der Waals surface area contributed by atoms with Gasteiger partial charge in [-0.1, -0.05) is 295 Å². The molecule has 9 heteroatoms. The van der Waals surface area contributed by atoms with Crippen molar-refractivity contribution in [3.63, 3.8) is 0 Å². The van der Waals surface area contributed by atoms with E-state index in [1.165, 1.54) is 263 Å². The number of quaternary nitrogens is 1. The number of nitrogens with zero attached hydrogens (tertiary/aromatic N) is 1. The molecule has 0 aromatic carbocycles. The number of nitrogens with one attached hydrogen (secondary N) is 1. The maximum absolute atomic E-state index is 13.0. The summed E-state index contributed by atoms with van der Waals surface area (Å²) in [6, 6.07) is -0.883. The fourth-order valence-corrected chi connectivity index (χ4v) is 10.4. The SMILES string of the molecule is CCCCCCCCCC/C=C\CCCCCCCCCCCCCCCCCCCCCCCCCC(=O)NC(COP(=O)([O-])OCC[N+](C)(C)C)C(O)/C=C/CCCCCCCCCCCCCCC. The number of hydrogen-bond donors (Lipinski definition) is 2. The second kappa shape index (κ2) is 54.8. The van der Waals surface area contributed by atoms with Gasteiger partial charge in [0.1, 0.15) is 13.2 Å². The number of hydrogen-bond acceptors (Lipinski definition) is 6. The molecule has 428 valence electrons. The first-order valence-electron chi connectivity index (χ1n) is 31.7. The normalized spacial score (nSPS) is 13.9. The van der Waals surface area contributed by atoms with Crippen molar-refractivity contribution in [2.45, 2.75) is 334 Å². The fourth-order valence-electron chi connectivity index (χ4n) is 9.68. The third-order valence-electron chi connectivity index (χ3n) is 14.7. The minimum Gasteiger partial charge on any atom is -0.756 e. The molecule has 0 radical (unpaired) electrons. The summed E-state index contributed by atoms with van der Waals surface area (Å²) in [5.41, 5.74) is 0. The Hall–Kier alpha value is -1.02. The van der Waals surface area contributed by atoms with Crippen molar-refractivity contribution >= 4 is 13.7 Å². The summed E-state index contributed by atoms with van der Waals surface area (Å²) < 4.78 is 23.4. The number of amides is 1. The Balaban J connectivity index is 3.94. The van der Waals surface area contributed by atoms with Gasteiger partial charge in [0.2, 0.25) is 5.91 Å². The van der Waals surface area contributed by atoms with E-state index in [4.69, 9.17) is 9.05 Å². The lowest BCUT2D eigenvalue weighted by Gasteiger charge is -2.29. The summed E-state index contributed by atoms with van der Waals surface area (Å²) in [7, 11) is 1.28. The second-order valence-corrected chi connectivity index (χ2v) is 24.5. The molecule has 8 nitrogen and oxygen atoms in total. The number of rotatable bonds is 59. The molecule has 0 saturated heterocycles. The molecule has 0 heterocycles. The number of carbonyl (C=O) groups is 1. The third-order valence-corrected chi connectivity index (χ3v) is 15.6. The summed E-state index contributed by atoms with van der Waals surface area (Å²) in [6.45, 7) is 4.69. The van der Waals surface area contributed by atoms with E-state index < -0.39 is 20.0 Å². The van der Waals surface area contributed by atoms with Gasteiger partial charge in [0.05, 0.1) is 39.9 Å². The van der Waals surface area contributed by atoms with Gasteiger partial charge >= 0.3 is 0 Å². The van der Waals surface area contributed by atoms with Crippen molar-refractivity contribution in [2.75, 3.05) is 40.9 Å². The first-order valence-corrected chi connectivity index (χ1v) is 33.2. The molecular weight excluding hydrogens is 912 g/mol. The average Bonchev–Trinajstić information content (AvgIpc) is 3.34. The lowest BCUT2D eigenvalue weighted by molar-refractivity contribution is -0.870. The van der Waals surface area contributed by atoms with Gasteiger partial charge in [-0.2, -0.15) is 0 Å². The van der Waals surface area contributed by atoms with Crippen LogP contribution in [0.15, 0.2) is 24.3 Å². The van der Waals surface area contributed by atoms with E-state index >= 15 is 0 Å². The molecule has 0 aromatic rings. The monoisotopic (exact) mass is 1040 g/mol. The molecule has 0 aliphatic rings. The topological polar surface area (TPSA) is 108 Å². The first-order chi connectivity index (χ1) is 35.0. The minimum atomic E-state index is -4.59. The zero-order valence-corrected chi connectivity index (χ0v) is 49.8. The van der Waals surface area contributed by atoms with Crippen LogP contribution < -0.4 is 10.2 Å². The predicted octanol–water partition coefficient (Wildman–Crippen LogP) is 18.9. The van der Waals surface area contributed by atoms with Gasteiger partial charge in [-0.05, 0) is 44.9 Å². The Kier molecular flexibility index (Phi) is 54.0. The highest BCUT2D eigenvalue weighted by atomic mass is 31.2. The first kappa shape index (κ1) is 71.0. The van der Waals surface area contributed by atoms with Crippen molar-refractivity contribution in [3.8, 4) is 0 Å². The van der Waals surface area contributed by atoms with E-state index in [9.17, 15) is 19.4 Å². The molecule has 2 N–H and O–H groups in total. The Morgan fingerprint density at radius 3 is 1.08 bits per heavy atom. The number of allylic oxidation sites excluding steroid dienone is 3. The van der Waals surface area contributed by atoms with Gasteiger partial charge < -0.3 is 28.8 Å². The van der Waals surface area contributed by atoms with Crippen LogP contribution in [0.3, 0.4) is 0 Å². The smallest absolute Gasteiger partial charge is 0.268 e. The van der Waals surface area contributed by atoms with Gasteiger partial charge in [0, 0.05) is 6.42 Å². The summed E-state index contributed by atoms with van der Waals surface area (Å²) in [5.74, 6) is -0.191. The number of likely N-dealkylation sites (N-methyl/N-ethyl adjacent to an activating group) is 1. The summed E-state index contributed by atoms with van der Waals surface area (Å²) in [5, 5.41) is 13.9. The molecule has 0 bridgehead atoms. The van der Waals surface area contributed by atoms with Gasteiger partial charge in [0.25, 0.3) is 7.82 Å². The Morgan fingerprint density at radius 2 is 0.764 bits per heavy atom. The van der Waals surface area contributed by atoms with E-state index in [2.05, 4.69) is 31.3 Å². The maximum Gasteiger partial charge on any atom is 0.268 e. The molecule has 0 aliphatic heterocycles. The van der Waals surface area contributed by atoms with Crippen LogP contribution in [0.2, 0.25) is 0 Å². The number of aliphatic hydroxyl groups is 1. The number of carbonyl (C=O) groups excluding carboxylic acids is 1. The molecule has 0 aliphatic carbocycles. The molecule has 0 spiro atoms. The highest BCUT2D eigenvalue weighted by Crippen LogP contribution is 2.38. The number of phosphoric ester groups is 1. The molecule has 3 atom stereocenters. The molecule has 0 saturated carbocycles. The van der Waals surface area contributed by atoms with E-state index in [-0.39, 0.29) is 19.1 Å². The van der Waals surface area contributed by atoms with Crippen molar-refractivity contribution < 1.29 is 32.9 Å². The fraction of sp³-hybridized carbons (Fsp3) is 0.921. The van der Waals surface area contributed by atoms with Crippen LogP contribution in [-0.4, -0.2) is 68.5 Å². The Bertz CT molecular complexity index is 1220. The van der Waals surface area contributed by atoms with Gasteiger partial charge in [-0.25, -0.2) is 0 Å². The van der Waals surface area contributed by atoms with Crippen LogP contribution in [0.5, 0.6) is 0 Å². The summed E-state index contributed by atoms with van der Waals surface area (Å²) in [4.78, 5) is 25.5. The maximum atomic E-state index is 13.0. The van der Waals surface area contributed by atoms with Crippen LogP contribution in [0.25, 0.3) is 0 Å². The molecule has 0 fully saturated rings. The number of unbranched alkanes of at least 4 members (excludes halogenated alkanes) is 44. The zero-order chi connectivity index (χ0) is 52.7. The van der Waals surface area contributed by atoms with E-state index in [0.717, 1.165) is 38.5 Å². The zero-order valence-electron chi connectivity index (χ0n) is 48.9. The lowest BCUT2D eigenvalue weighted by Crippen LogP contribution is -2.45. The molecule has 0 aromatic heterocycles. The molecule has 0 rings (SSSR count). The Morgan fingerprint density at radius 1 is 0.472 bits per heavy atom. The predicted molar refractivity (Wildman–Crippen MR) is 312 cm³/mol. The molecular formula is C63H125N2O6P. The van der Waals surface area contributed by atoms with Crippen molar-refractivity contribution in [1.82, 2.24) is 5.32 Å². The lowest BCUT2D eigenvalue weighted by atomic mass is 10.0. The Labute approximate surface area is 449 Å². The van der Waals surface area contributed by atoms with Crippen LogP contribution >= 0.6 is 7.82 Å². The van der Waals surface area contributed by atoms with Gasteiger partial charge in [0.15, 0.2) is 0 Å². The summed E-state index contributed by atoms with van der Waals surface area (Å²) >= 11 is 0. The quantitative estimate of drug-likeness (QED) is 0.0272. The largest absolute Gasteiger partial charge is 0.756 e. The van der Waals surface area contributed by atoms with Crippen LogP contribution in [0.4, 0.5) is 0 Å². The van der Waals surface area contributed by atoms with E-state index in [1.54, 1.807) is 6.08 Å². The van der Waals surface area contributed by atoms with Gasteiger partial charge in [-0.3, -0.25) is 9.36 Å². The van der Waals surface area contributed by atoms with Crippen molar-refractivity contribution in [2.24, 2.45) is 0 Å². The minimum absolute atomic E-state index is 0.00177. The highest BCUT2D eigenvalue weighted by molar-refractivity contribution is 7.45. The van der Waals surface area contributed by atoms with Crippen LogP contribution in [0, 0.1) is 0 Å². The van der Waals surface area contributed by atoms with Crippen molar-refractivity contribution in [1.29, 1.82) is 0 Å². The van der Waals surface area contributed by atoms with E-state index in [1.807, 2.05) is 27.2 Å². The number of aliphatic hydroxyl groups excluding tert-OH is 1. The van der Waals surface area contributed by atoms with Crippen molar-refractivity contribution in [3.05, 3.63) is 24.3 Å². The van der Waals surface area contributed by atoms with Crippen LogP contribution in [-0.2, 0) is 18.4 Å². The number of phosphoric acid groups is 1. The summed E-state index contributed by atoms with van der Waals surface area (Å²) in [6.07, 6.45) is 70.0. The molecule has 72 heavy (non-hydrogen) atoms. The van der Waals surface area contributed by atoms with Crippen LogP contribution in [0.1, 0.15) is 322 Å². The standard InChI is InChI=1S/C63H125N2O6P/c1-6-8-10-12-14-16-18-20-22-23-24-25-26-27-28-29-30-31-32-33-34-35-36-37-38-39-40-41-43-45-47-49-51-53-55-57-63(67)64-61(60-71-72(68,69)70-59-58-65(3,4)5)62(66)56-54-52-50-48-46-44-42-21-19-17-15-13-11-9-7-2/h23-24,54,56,61-62,66H,6-22,25-53,55,57-60H2,1-5H3,(H-,64,67,68,69)/b24-23-,56-54+. The highest BCUT2D eigenvalue weighted by Gasteiger charge is 2.23. The van der Waals surface area contributed by atoms with E-state index in [0.29, 0.717) is 17.4 Å².